The summed E-state index contributed by atoms with van der Waals surface area (Å²) in [6.45, 7) is 1.94. The quantitative estimate of drug-likeness (QED) is 0.790. The second-order valence-electron chi connectivity index (χ2n) is 3.28. The number of carboxylic acids is 1. The fraction of sp³-hybridized carbons (Fsp3) is 0.182. The minimum Gasteiger partial charge on any atom is -0.481 e. The van der Waals surface area contributed by atoms with Crippen molar-refractivity contribution in [1.29, 1.82) is 0 Å². The van der Waals surface area contributed by atoms with Gasteiger partial charge in [0.05, 0.1) is 12.7 Å². The summed E-state index contributed by atoms with van der Waals surface area (Å²) in [7, 11) is 0. The fourth-order valence-electron chi connectivity index (χ4n) is 1.56. The van der Waals surface area contributed by atoms with E-state index in [4.69, 9.17) is 9.52 Å². The Balaban J connectivity index is 2.58. The maximum Gasteiger partial charge on any atom is 0.307 e. The normalized spacial score (nSPS) is 10.6. The average Bonchev–Trinajstić information content (AvgIpc) is 2.49. The van der Waals surface area contributed by atoms with Gasteiger partial charge in [0.2, 0.25) is 0 Å². The third-order valence-electron chi connectivity index (χ3n) is 2.22. The topological polar surface area (TPSA) is 50.4 Å². The Bertz CT molecular complexity index is 482. The molecule has 1 N–H and O–H groups in total. The molecule has 0 amide bonds. The molecular formula is C11H10O3. The van der Waals surface area contributed by atoms with Gasteiger partial charge in [-0.1, -0.05) is 18.2 Å². The maximum absolute atomic E-state index is 10.6. The van der Waals surface area contributed by atoms with Crippen LogP contribution in [0.25, 0.3) is 11.0 Å². The van der Waals surface area contributed by atoms with Gasteiger partial charge in [0.25, 0.3) is 0 Å². The van der Waals surface area contributed by atoms with Crippen LogP contribution in [-0.4, -0.2) is 11.1 Å². The Morgan fingerprint density at radius 3 is 3.00 bits per heavy atom. The fourth-order valence-corrected chi connectivity index (χ4v) is 1.56. The molecule has 0 saturated carbocycles. The smallest absolute Gasteiger partial charge is 0.307 e. The lowest BCUT2D eigenvalue weighted by Gasteiger charge is -1.94. The van der Waals surface area contributed by atoms with Crippen LogP contribution in [0.1, 0.15) is 11.1 Å². The molecule has 0 aliphatic rings. The number of carboxylic acid groups (broad SMARTS) is 1. The number of fused-ring (bicyclic) bond motifs is 1. The molecule has 1 heterocycles. The number of para-hydroxylation sites is 1. The van der Waals surface area contributed by atoms with Crippen LogP contribution in [0.15, 0.2) is 28.9 Å². The summed E-state index contributed by atoms with van der Waals surface area (Å²) < 4.78 is 5.32. The number of aryl methyl sites for hydroxylation is 1. The molecule has 0 aliphatic heterocycles. The van der Waals surface area contributed by atoms with E-state index in [0.29, 0.717) is 0 Å². The van der Waals surface area contributed by atoms with Crippen molar-refractivity contribution >= 4 is 16.9 Å². The van der Waals surface area contributed by atoms with E-state index in [1.54, 1.807) is 0 Å². The Morgan fingerprint density at radius 2 is 2.29 bits per heavy atom. The number of benzene rings is 1. The SMILES string of the molecule is Cc1cccc2c(CC(=O)O)coc12. The van der Waals surface area contributed by atoms with Gasteiger partial charge in [-0.05, 0) is 12.5 Å². The molecule has 1 aromatic carbocycles. The maximum atomic E-state index is 10.6. The van der Waals surface area contributed by atoms with E-state index in [1.165, 1.54) is 6.26 Å². The summed E-state index contributed by atoms with van der Waals surface area (Å²) in [4.78, 5) is 10.6. The first kappa shape index (κ1) is 8.81. The van der Waals surface area contributed by atoms with Crippen LogP contribution in [0.3, 0.4) is 0 Å². The van der Waals surface area contributed by atoms with Crippen molar-refractivity contribution < 1.29 is 14.3 Å². The van der Waals surface area contributed by atoms with Crippen molar-refractivity contribution in [3.8, 4) is 0 Å². The number of hydrogen-bond donors (Lipinski definition) is 1. The Morgan fingerprint density at radius 1 is 1.50 bits per heavy atom. The highest BCUT2D eigenvalue weighted by Gasteiger charge is 2.09. The van der Waals surface area contributed by atoms with Crippen LogP contribution >= 0.6 is 0 Å². The zero-order chi connectivity index (χ0) is 10.1. The van der Waals surface area contributed by atoms with E-state index in [-0.39, 0.29) is 6.42 Å². The van der Waals surface area contributed by atoms with Crippen LogP contribution in [0.2, 0.25) is 0 Å². The minimum atomic E-state index is -0.839. The molecule has 2 rings (SSSR count). The first-order valence-electron chi connectivity index (χ1n) is 4.36. The van der Waals surface area contributed by atoms with Crippen molar-refractivity contribution in [2.75, 3.05) is 0 Å². The van der Waals surface area contributed by atoms with Crippen molar-refractivity contribution in [2.45, 2.75) is 13.3 Å². The van der Waals surface area contributed by atoms with E-state index < -0.39 is 5.97 Å². The summed E-state index contributed by atoms with van der Waals surface area (Å²) in [5.41, 5.74) is 2.54. The van der Waals surface area contributed by atoms with Gasteiger partial charge in [0.1, 0.15) is 5.58 Å². The highest BCUT2D eigenvalue weighted by atomic mass is 16.4. The number of furan rings is 1. The largest absolute Gasteiger partial charge is 0.481 e. The summed E-state index contributed by atoms with van der Waals surface area (Å²) >= 11 is 0. The molecule has 0 spiro atoms. The Kier molecular flexibility index (Phi) is 2.00. The van der Waals surface area contributed by atoms with Crippen molar-refractivity contribution in [3.63, 3.8) is 0 Å². The molecule has 1 aromatic heterocycles. The van der Waals surface area contributed by atoms with Gasteiger partial charge < -0.3 is 9.52 Å². The average molecular weight is 190 g/mol. The monoisotopic (exact) mass is 190 g/mol. The molecule has 0 saturated heterocycles. The Labute approximate surface area is 81.0 Å². The first-order chi connectivity index (χ1) is 6.68. The Hall–Kier alpha value is -1.77. The van der Waals surface area contributed by atoms with E-state index in [9.17, 15) is 4.79 Å². The molecule has 0 aliphatic carbocycles. The summed E-state index contributed by atoms with van der Waals surface area (Å²) in [5, 5.41) is 9.57. The third-order valence-corrected chi connectivity index (χ3v) is 2.22. The molecule has 14 heavy (non-hydrogen) atoms. The van der Waals surface area contributed by atoms with Gasteiger partial charge in [0, 0.05) is 10.9 Å². The number of rotatable bonds is 2. The predicted molar refractivity (Wildman–Crippen MR) is 52.3 cm³/mol. The number of hydrogen-bond acceptors (Lipinski definition) is 2. The molecule has 2 aromatic rings. The lowest BCUT2D eigenvalue weighted by Crippen LogP contribution is -1.98. The van der Waals surface area contributed by atoms with E-state index in [0.717, 1.165) is 22.1 Å². The summed E-state index contributed by atoms with van der Waals surface area (Å²) in [6.07, 6.45) is 1.53. The van der Waals surface area contributed by atoms with Gasteiger partial charge in [-0.2, -0.15) is 0 Å². The van der Waals surface area contributed by atoms with Crippen LogP contribution in [0, 0.1) is 6.92 Å². The minimum absolute atomic E-state index is 0.0104. The van der Waals surface area contributed by atoms with E-state index >= 15 is 0 Å². The van der Waals surface area contributed by atoms with Crippen LogP contribution in [0.5, 0.6) is 0 Å². The highest BCUT2D eigenvalue weighted by Crippen LogP contribution is 2.24. The summed E-state index contributed by atoms with van der Waals surface area (Å²) in [5.74, 6) is -0.839. The number of carbonyl (C=O) groups is 1. The van der Waals surface area contributed by atoms with Crippen molar-refractivity contribution in [3.05, 3.63) is 35.6 Å². The van der Waals surface area contributed by atoms with Gasteiger partial charge in [-0.15, -0.1) is 0 Å². The lowest BCUT2D eigenvalue weighted by atomic mass is 10.1. The van der Waals surface area contributed by atoms with Crippen molar-refractivity contribution in [2.24, 2.45) is 0 Å². The first-order valence-corrected chi connectivity index (χ1v) is 4.36. The lowest BCUT2D eigenvalue weighted by molar-refractivity contribution is -0.136. The standard InChI is InChI=1S/C11H10O3/c1-7-3-2-4-9-8(5-10(12)13)6-14-11(7)9/h2-4,6H,5H2,1H3,(H,12,13). The molecule has 0 unspecified atom stereocenters. The molecular weight excluding hydrogens is 180 g/mol. The highest BCUT2D eigenvalue weighted by molar-refractivity contribution is 5.87. The second kappa shape index (κ2) is 3.18. The molecule has 3 heteroatoms. The zero-order valence-corrected chi connectivity index (χ0v) is 7.78. The van der Waals surface area contributed by atoms with Crippen molar-refractivity contribution in [1.82, 2.24) is 0 Å². The molecule has 0 bridgehead atoms. The molecule has 72 valence electrons. The van der Waals surface area contributed by atoms with E-state index in [2.05, 4.69) is 0 Å². The van der Waals surface area contributed by atoms with Crippen LogP contribution < -0.4 is 0 Å². The zero-order valence-electron chi connectivity index (χ0n) is 7.78. The van der Waals surface area contributed by atoms with Gasteiger partial charge in [-0.25, -0.2) is 0 Å². The number of aliphatic carboxylic acids is 1. The van der Waals surface area contributed by atoms with Crippen LogP contribution in [0.4, 0.5) is 0 Å². The van der Waals surface area contributed by atoms with E-state index in [1.807, 2.05) is 25.1 Å². The molecule has 0 radical (unpaired) electrons. The van der Waals surface area contributed by atoms with Gasteiger partial charge >= 0.3 is 5.97 Å². The van der Waals surface area contributed by atoms with Gasteiger partial charge in [-0.3, -0.25) is 4.79 Å². The third kappa shape index (κ3) is 1.37. The predicted octanol–water partition coefficient (Wildman–Crippen LogP) is 2.37. The molecule has 0 atom stereocenters. The van der Waals surface area contributed by atoms with Gasteiger partial charge in [0.15, 0.2) is 0 Å². The van der Waals surface area contributed by atoms with Crippen LogP contribution in [-0.2, 0) is 11.2 Å². The molecule has 0 fully saturated rings. The summed E-state index contributed by atoms with van der Waals surface area (Å²) in [6, 6.07) is 5.72. The second-order valence-corrected chi connectivity index (χ2v) is 3.28. The molecule has 3 nitrogen and oxygen atoms in total.